The van der Waals surface area contributed by atoms with Crippen molar-refractivity contribution in [3.8, 4) is 0 Å². The number of fused-ring (bicyclic) bond motifs is 5. The molecule has 0 bridgehead atoms. The third-order valence-electron chi connectivity index (χ3n) is 9.06. The summed E-state index contributed by atoms with van der Waals surface area (Å²) in [5.41, 5.74) is -0.424. The minimum absolute atomic E-state index is 0.0147. The normalized spacial score (nSPS) is 50.6. The van der Waals surface area contributed by atoms with E-state index in [9.17, 15) is 14.4 Å². The number of hydrogen-bond donors (Lipinski definition) is 0. The second-order valence-corrected chi connectivity index (χ2v) is 10.3. The van der Waals surface area contributed by atoms with Gasteiger partial charge < -0.3 is 4.74 Å². The molecule has 4 aliphatic rings. The van der Waals surface area contributed by atoms with E-state index in [4.69, 9.17) is 4.74 Å². The Bertz CT molecular complexity index is 669. The van der Waals surface area contributed by atoms with E-state index in [-0.39, 0.29) is 28.8 Å². The number of esters is 1. The Kier molecular flexibility index (Phi) is 3.95. The van der Waals surface area contributed by atoms with Gasteiger partial charge in [0.15, 0.2) is 0 Å². The maximum atomic E-state index is 13.3. The van der Waals surface area contributed by atoms with E-state index < -0.39 is 5.41 Å². The van der Waals surface area contributed by atoms with Crippen LogP contribution in [0.5, 0.6) is 0 Å². The fourth-order valence-electron chi connectivity index (χ4n) is 7.49. The molecule has 0 amide bonds. The number of Topliss-reactive ketones (excluding diaryl/α,β-unsaturated/α-hetero) is 2. The zero-order valence-electron chi connectivity index (χ0n) is 16.6. The second-order valence-electron chi connectivity index (χ2n) is 10.3. The first-order valence-electron chi connectivity index (χ1n) is 10.3. The van der Waals surface area contributed by atoms with Gasteiger partial charge in [-0.3, -0.25) is 14.4 Å². The van der Waals surface area contributed by atoms with Gasteiger partial charge >= 0.3 is 5.97 Å². The lowest BCUT2D eigenvalue weighted by molar-refractivity contribution is -0.186. The van der Waals surface area contributed by atoms with Crippen molar-refractivity contribution in [1.29, 1.82) is 0 Å². The second kappa shape index (κ2) is 5.65. The maximum Gasteiger partial charge on any atom is 0.302 e. The number of rotatable bonds is 1. The molecule has 0 aromatic heterocycles. The number of ether oxygens (including phenoxy) is 1. The third kappa shape index (κ3) is 2.29. The summed E-state index contributed by atoms with van der Waals surface area (Å²) in [5, 5.41) is 0. The Morgan fingerprint density at radius 3 is 2.50 bits per heavy atom. The molecule has 0 aromatic rings. The van der Waals surface area contributed by atoms with E-state index in [0.717, 1.165) is 38.5 Å². The summed E-state index contributed by atoms with van der Waals surface area (Å²) in [6.07, 6.45) is 6.79. The summed E-state index contributed by atoms with van der Waals surface area (Å²) in [5.74, 6) is 1.24. The molecule has 4 rings (SSSR count). The summed E-state index contributed by atoms with van der Waals surface area (Å²) in [4.78, 5) is 37.3. The standard InChI is InChI=1S/C22H32O4/c1-13(23)26-14-7-10-22(4)19-15(8-9-20(22,2)11-14)16-5-6-18(25)21(16,3)12-17(19)24/h14-16,19H,5-12H2,1-4H3/t14-,15+,16+,19-,20+,21-,22-/m1/s1. The molecule has 0 aliphatic heterocycles. The molecule has 7 atom stereocenters. The average Bonchev–Trinajstić information content (AvgIpc) is 2.82. The zero-order chi connectivity index (χ0) is 18.9. The lowest BCUT2D eigenvalue weighted by Gasteiger charge is -2.63. The molecular formula is C22H32O4. The van der Waals surface area contributed by atoms with Gasteiger partial charge in [-0.25, -0.2) is 0 Å². The number of carbonyl (C=O) groups is 3. The van der Waals surface area contributed by atoms with E-state index >= 15 is 0 Å². The third-order valence-corrected chi connectivity index (χ3v) is 9.06. The Hall–Kier alpha value is -1.19. The first-order chi connectivity index (χ1) is 12.1. The monoisotopic (exact) mass is 360 g/mol. The molecule has 0 aromatic carbocycles. The van der Waals surface area contributed by atoms with Gasteiger partial charge in [0.25, 0.3) is 0 Å². The highest BCUT2D eigenvalue weighted by Gasteiger charge is 2.66. The Labute approximate surface area is 156 Å². The lowest BCUT2D eigenvalue weighted by atomic mass is 9.40. The van der Waals surface area contributed by atoms with Crippen molar-refractivity contribution < 1.29 is 19.1 Å². The maximum absolute atomic E-state index is 13.3. The molecule has 26 heavy (non-hydrogen) atoms. The summed E-state index contributed by atoms with van der Waals surface area (Å²) in [6, 6.07) is 0. The van der Waals surface area contributed by atoms with Gasteiger partial charge in [0.2, 0.25) is 0 Å². The Morgan fingerprint density at radius 1 is 1.08 bits per heavy atom. The van der Waals surface area contributed by atoms with Gasteiger partial charge in [0.05, 0.1) is 0 Å². The smallest absolute Gasteiger partial charge is 0.302 e. The minimum atomic E-state index is -0.405. The van der Waals surface area contributed by atoms with Crippen LogP contribution in [0.1, 0.15) is 79.1 Å². The van der Waals surface area contributed by atoms with Crippen LogP contribution in [-0.2, 0) is 19.1 Å². The van der Waals surface area contributed by atoms with Crippen LogP contribution in [0.3, 0.4) is 0 Å². The average molecular weight is 360 g/mol. The van der Waals surface area contributed by atoms with Crippen LogP contribution in [-0.4, -0.2) is 23.6 Å². The Morgan fingerprint density at radius 2 is 1.81 bits per heavy atom. The van der Waals surface area contributed by atoms with Gasteiger partial charge in [-0.1, -0.05) is 20.8 Å². The Balaban J connectivity index is 1.66. The molecule has 4 aliphatic carbocycles. The van der Waals surface area contributed by atoms with E-state index in [2.05, 4.69) is 20.8 Å². The van der Waals surface area contributed by atoms with Gasteiger partial charge in [-0.05, 0) is 61.2 Å². The summed E-state index contributed by atoms with van der Waals surface area (Å²) in [7, 11) is 0. The quantitative estimate of drug-likeness (QED) is 0.661. The highest BCUT2D eigenvalue weighted by molar-refractivity contribution is 5.95. The van der Waals surface area contributed by atoms with E-state index in [1.165, 1.54) is 6.92 Å². The summed E-state index contributed by atoms with van der Waals surface area (Å²) in [6.45, 7) is 8.15. The highest BCUT2D eigenvalue weighted by atomic mass is 16.5. The van der Waals surface area contributed by atoms with Crippen LogP contribution in [0, 0.1) is 34.0 Å². The van der Waals surface area contributed by atoms with E-state index in [1.54, 1.807) is 0 Å². The summed E-state index contributed by atoms with van der Waals surface area (Å²) >= 11 is 0. The molecule has 0 saturated heterocycles. The predicted octanol–water partition coefficient (Wildman–Crippen LogP) is 4.10. The first-order valence-corrected chi connectivity index (χ1v) is 10.3. The predicted molar refractivity (Wildman–Crippen MR) is 97.3 cm³/mol. The van der Waals surface area contributed by atoms with Crippen LogP contribution < -0.4 is 0 Å². The zero-order valence-corrected chi connectivity index (χ0v) is 16.6. The van der Waals surface area contributed by atoms with Crippen LogP contribution in [0.4, 0.5) is 0 Å². The minimum Gasteiger partial charge on any atom is -0.463 e. The van der Waals surface area contributed by atoms with E-state index in [0.29, 0.717) is 36.2 Å². The molecule has 4 nitrogen and oxygen atoms in total. The van der Waals surface area contributed by atoms with Crippen molar-refractivity contribution >= 4 is 17.5 Å². The molecule has 0 unspecified atom stereocenters. The van der Waals surface area contributed by atoms with Crippen molar-refractivity contribution in [3.05, 3.63) is 0 Å². The van der Waals surface area contributed by atoms with Crippen LogP contribution >= 0.6 is 0 Å². The topological polar surface area (TPSA) is 60.4 Å². The van der Waals surface area contributed by atoms with Crippen LogP contribution in [0.15, 0.2) is 0 Å². The van der Waals surface area contributed by atoms with Gasteiger partial charge in [-0.15, -0.1) is 0 Å². The van der Waals surface area contributed by atoms with Gasteiger partial charge in [-0.2, -0.15) is 0 Å². The van der Waals surface area contributed by atoms with Crippen molar-refractivity contribution in [1.82, 2.24) is 0 Å². The number of ketones is 2. The molecule has 4 saturated carbocycles. The van der Waals surface area contributed by atoms with Crippen molar-refractivity contribution in [3.63, 3.8) is 0 Å². The molecule has 0 spiro atoms. The molecular weight excluding hydrogens is 328 g/mol. The van der Waals surface area contributed by atoms with Crippen molar-refractivity contribution in [2.75, 3.05) is 0 Å². The fourth-order valence-corrected chi connectivity index (χ4v) is 7.49. The number of carbonyl (C=O) groups excluding carboxylic acids is 3. The SMILES string of the molecule is CC(=O)O[C@@H]1CC[C@]2(C)[C@H]3C(=O)C[C@@]4(C)C(=O)CC[C@H]4[C@@H]3CC[C@@]2(C)C1. The molecule has 144 valence electrons. The van der Waals surface area contributed by atoms with Gasteiger partial charge in [0, 0.05) is 31.1 Å². The van der Waals surface area contributed by atoms with Crippen LogP contribution in [0.25, 0.3) is 0 Å². The van der Waals surface area contributed by atoms with Crippen molar-refractivity contribution in [2.24, 2.45) is 34.0 Å². The largest absolute Gasteiger partial charge is 0.463 e. The summed E-state index contributed by atoms with van der Waals surface area (Å²) < 4.78 is 5.54. The molecule has 4 fully saturated rings. The fraction of sp³-hybridized carbons (Fsp3) is 0.864. The molecule has 4 heteroatoms. The van der Waals surface area contributed by atoms with Gasteiger partial charge in [0.1, 0.15) is 17.7 Å². The number of hydrogen-bond acceptors (Lipinski definition) is 4. The first kappa shape index (κ1) is 18.2. The molecule has 0 radical (unpaired) electrons. The lowest BCUT2D eigenvalue weighted by Crippen LogP contribution is -2.61. The molecule has 0 N–H and O–H groups in total. The van der Waals surface area contributed by atoms with Crippen LogP contribution in [0.2, 0.25) is 0 Å². The molecule has 0 heterocycles. The van der Waals surface area contributed by atoms with Crippen molar-refractivity contribution in [2.45, 2.75) is 85.2 Å². The van der Waals surface area contributed by atoms with E-state index in [1.807, 2.05) is 0 Å². The highest BCUT2D eigenvalue weighted by Crippen LogP contribution is 2.68.